The molecule has 4 nitrogen and oxygen atoms in total. The molecule has 0 amide bonds. The van der Waals surface area contributed by atoms with E-state index in [1.54, 1.807) is 6.20 Å². The molecule has 100 valence electrons. The average Bonchev–Trinajstić information content (AvgIpc) is 2.96. The van der Waals surface area contributed by atoms with Crippen LogP contribution in [0, 0.1) is 0 Å². The lowest BCUT2D eigenvalue weighted by Crippen LogP contribution is -2.28. The van der Waals surface area contributed by atoms with Crippen LogP contribution < -0.4 is 5.32 Å². The highest BCUT2D eigenvalue weighted by atomic mass is 16.3. The standard InChI is InChI=1S/C15H18N2O2/c18-14-6-4-12(5-7-14)17-13-3-1-2-11(8-13)15-9-16-10-19-15/h1-3,8-10,12,14,17-18H,4-7H2. The number of nitrogens with one attached hydrogen (secondary N) is 1. The average molecular weight is 258 g/mol. The number of rotatable bonds is 3. The Hall–Kier alpha value is -1.81. The van der Waals surface area contributed by atoms with Crippen LogP contribution in [0.3, 0.4) is 0 Å². The lowest BCUT2D eigenvalue weighted by Gasteiger charge is -2.27. The third-order valence-electron chi connectivity index (χ3n) is 3.65. The number of hydrogen-bond donors (Lipinski definition) is 2. The number of aromatic nitrogens is 1. The molecular weight excluding hydrogens is 240 g/mol. The van der Waals surface area contributed by atoms with Gasteiger partial charge in [-0.05, 0) is 37.8 Å². The van der Waals surface area contributed by atoms with Crippen molar-refractivity contribution in [3.63, 3.8) is 0 Å². The first-order valence-corrected chi connectivity index (χ1v) is 6.75. The van der Waals surface area contributed by atoms with E-state index in [4.69, 9.17) is 4.42 Å². The molecule has 1 fully saturated rings. The van der Waals surface area contributed by atoms with Gasteiger partial charge >= 0.3 is 0 Å². The molecule has 2 aromatic rings. The molecule has 3 rings (SSSR count). The van der Waals surface area contributed by atoms with Gasteiger partial charge in [-0.2, -0.15) is 0 Å². The van der Waals surface area contributed by atoms with Crippen LogP contribution in [0.2, 0.25) is 0 Å². The van der Waals surface area contributed by atoms with Crippen LogP contribution in [-0.4, -0.2) is 22.2 Å². The third-order valence-corrected chi connectivity index (χ3v) is 3.65. The Morgan fingerprint density at radius 2 is 2.05 bits per heavy atom. The van der Waals surface area contributed by atoms with E-state index in [2.05, 4.69) is 22.4 Å². The number of aliphatic hydroxyl groups is 1. The molecule has 1 saturated carbocycles. The predicted molar refractivity (Wildman–Crippen MR) is 73.8 cm³/mol. The van der Waals surface area contributed by atoms with Crippen molar-refractivity contribution in [1.29, 1.82) is 0 Å². The fourth-order valence-electron chi connectivity index (χ4n) is 2.58. The largest absolute Gasteiger partial charge is 0.444 e. The molecule has 19 heavy (non-hydrogen) atoms. The fraction of sp³-hybridized carbons (Fsp3) is 0.400. The highest BCUT2D eigenvalue weighted by Crippen LogP contribution is 2.25. The maximum Gasteiger partial charge on any atom is 0.181 e. The Morgan fingerprint density at radius 3 is 2.79 bits per heavy atom. The summed E-state index contributed by atoms with van der Waals surface area (Å²) in [6.45, 7) is 0. The zero-order valence-corrected chi connectivity index (χ0v) is 10.7. The Balaban J connectivity index is 1.70. The SMILES string of the molecule is OC1CCC(Nc2cccc(-c3cnco3)c2)CC1. The normalized spacial score (nSPS) is 23.2. The second-order valence-corrected chi connectivity index (χ2v) is 5.10. The minimum atomic E-state index is -0.112. The number of oxazole rings is 1. The van der Waals surface area contributed by atoms with Crippen LogP contribution in [0.4, 0.5) is 5.69 Å². The van der Waals surface area contributed by atoms with Crippen molar-refractivity contribution in [2.75, 3.05) is 5.32 Å². The van der Waals surface area contributed by atoms with Gasteiger partial charge in [-0.1, -0.05) is 12.1 Å². The summed E-state index contributed by atoms with van der Waals surface area (Å²) in [5.74, 6) is 0.780. The summed E-state index contributed by atoms with van der Waals surface area (Å²) in [6.07, 6.45) is 6.87. The van der Waals surface area contributed by atoms with Crippen LogP contribution >= 0.6 is 0 Å². The van der Waals surface area contributed by atoms with Gasteiger partial charge in [0.1, 0.15) is 0 Å². The van der Waals surface area contributed by atoms with Crippen molar-refractivity contribution in [3.8, 4) is 11.3 Å². The number of hydrogen-bond acceptors (Lipinski definition) is 4. The molecule has 0 unspecified atom stereocenters. The second-order valence-electron chi connectivity index (χ2n) is 5.10. The van der Waals surface area contributed by atoms with Gasteiger partial charge < -0.3 is 14.8 Å². The highest BCUT2D eigenvalue weighted by molar-refractivity contribution is 5.63. The van der Waals surface area contributed by atoms with Gasteiger partial charge in [0.2, 0.25) is 0 Å². The van der Waals surface area contributed by atoms with E-state index < -0.39 is 0 Å². The Kier molecular flexibility index (Phi) is 3.51. The van der Waals surface area contributed by atoms with Gasteiger partial charge in [-0.25, -0.2) is 4.98 Å². The zero-order valence-electron chi connectivity index (χ0n) is 10.7. The van der Waals surface area contributed by atoms with Gasteiger partial charge in [0.05, 0.1) is 12.3 Å². The maximum absolute atomic E-state index is 9.52. The maximum atomic E-state index is 9.52. The van der Waals surface area contributed by atoms with E-state index in [9.17, 15) is 5.11 Å². The van der Waals surface area contributed by atoms with E-state index >= 15 is 0 Å². The van der Waals surface area contributed by atoms with Crippen LogP contribution in [0.1, 0.15) is 25.7 Å². The van der Waals surface area contributed by atoms with E-state index in [-0.39, 0.29) is 6.10 Å². The molecule has 2 N–H and O–H groups in total. The van der Waals surface area contributed by atoms with Gasteiger partial charge in [0, 0.05) is 17.3 Å². The topological polar surface area (TPSA) is 58.3 Å². The summed E-state index contributed by atoms with van der Waals surface area (Å²) >= 11 is 0. The van der Waals surface area contributed by atoms with Crippen LogP contribution in [0.5, 0.6) is 0 Å². The van der Waals surface area contributed by atoms with E-state index in [1.807, 2.05) is 12.1 Å². The highest BCUT2D eigenvalue weighted by Gasteiger charge is 2.19. The molecule has 1 aromatic heterocycles. The lowest BCUT2D eigenvalue weighted by molar-refractivity contribution is 0.126. The van der Waals surface area contributed by atoms with Crippen molar-refractivity contribution in [2.45, 2.75) is 37.8 Å². The molecule has 0 radical (unpaired) electrons. The minimum absolute atomic E-state index is 0.112. The monoisotopic (exact) mass is 258 g/mol. The van der Waals surface area contributed by atoms with E-state index in [0.717, 1.165) is 42.7 Å². The number of anilines is 1. The third kappa shape index (κ3) is 2.96. The van der Waals surface area contributed by atoms with Crippen LogP contribution in [-0.2, 0) is 0 Å². The molecule has 1 aliphatic rings. The van der Waals surface area contributed by atoms with Crippen molar-refractivity contribution >= 4 is 5.69 Å². The second kappa shape index (κ2) is 5.45. The van der Waals surface area contributed by atoms with Crippen molar-refractivity contribution in [1.82, 2.24) is 4.98 Å². The van der Waals surface area contributed by atoms with Gasteiger partial charge in [0.15, 0.2) is 12.2 Å². The molecule has 1 heterocycles. The molecule has 0 spiro atoms. The quantitative estimate of drug-likeness (QED) is 0.888. The lowest BCUT2D eigenvalue weighted by atomic mass is 9.93. The summed E-state index contributed by atoms with van der Waals surface area (Å²) in [5, 5.41) is 13.0. The molecule has 0 atom stereocenters. The summed E-state index contributed by atoms with van der Waals surface area (Å²) in [5.41, 5.74) is 2.12. The number of aliphatic hydroxyl groups excluding tert-OH is 1. The molecule has 0 aliphatic heterocycles. The fourth-order valence-corrected chi connectivity index (χ4v) is 2.58. The molecule has 0 saturated heterocycles. The smallest absolute Gasteiger partial charge is 0.181 e. The molecular formula is C15H18N2O2. The minimum Gasteiger partial charge on any atom is -0.444 e. The van der Waals surface area contributed by atoms with Gasteiger partial charge in [-0.15, -0.1) is 0 Å². The first-order chi connectivity index (χ1) is 9.31. The molecule has 1 aromatic carbocycles. The van der Waals surface area contributed by atoms with Crippen molar-refractivity contribution in [2.24, 2.45) is 0 Å². The first kappa shape index (κ1) is 12.2. The summed E-state index contributed by atoms with van der Waals surface area (Å²) in [4.78, 5) is 3.94. The zero-order chi connectivity index (χ0) is 13.1. The van der Waals surface area contributed by atoms with Gasteiger partial charge in [-0.3, -0.25) is 0 Å². The van der Waals surface area contributed by atoms with E-state index in [0.29, 0.717) is 6.04 Å². The summed E-state index contributed by atoms with van der Waals surface area (Å²) in [6, 6.07) is 8.61. The van der Waals surface area contributed by atoms with Gasteiger partial charge in [0.25, 0.3) is 0 Å². The van der Waals surface area contributed by atoms with Crippen LogP contribution in [0.25, 0.3) is 11.3 Å². The number of benzene rings is 1. The Morgan fingerprint density at radius 1 is 1.21 bits per heavy atom. The van der Waals surface area contributed by atoms with E-state index in [1.165, 1.54) is 6.39 Å². The Bertz CT molecular complexity index is 517. The van der Waals surface area contributed by atoms with Crippen molar-refractivity contribution < 1.29 is 9.52 Å². The Labute approximate surface area is 112 Å². The predicted octanol–water partition coefficient (Wildman–Crippen LogP) is 3.06. The molecule has 0 bridgehead atoms. The summed E-state index contributed by atoms with van der Waals surface area (Å²) < 4.78 is 5.31. The molecule has 4 heteroatoms. The first-order valence-electron chi connectivity index (χ1n) is 6.75. The number of nitrogens with zero attached hydrogens (tertiary/aromatic N) is 1. The van der Waals surface area contributed by atoms with Crippen LogP contribution in [0.15, 0.2) is 41.3 Å². The summed E-state index contributed by atoms with van der Waals surface area (Å²) in [7, 11) is 0. The van der Waals surface area contributed by atoms with Crippen molar-refractivity contribution in [3.05, 3.63) is 36.9 Å². The molecule has 1 aliphatic carbocycles.